The van der Waals surface area contributed by atoms with Crippen molar-refractivity contribution in [2.24, 2.45) is 0 Å². The van der Waals surface area contributed by atoms with Crippen LogP contribution in [-0.4, -0.2) is 18.0 Å². The highest BCUT2D eigenvalue weighted by atomic mass is 127. The summed E-state index contributed by atoms with van der Waals surface area (Å²) in [6.45, 7) is 6.12. The zero-order valence-corrected chi connectivity index (χ0v) is 13.0. The molecule has 17 heavy (non-hydrogen) atoms. The van der Waals surface area contributed by atoms with Crippen molar-refractivity contribution in [2.45, 2.75) is 26.3 Å². The quantitative estimate of drug-likeness (QED) is 0.806. The Balaban J connectivity index is 2.53. The second-order valence-corrected chi connectivity index (χ2v) is 6.37. The smallest absolute Gasteiger partial charge is 0.239 e. The van der Waals surface area contributed by atoms with Crippen molar-refractivity contribution in [3.05, 3.63) is 26.8 Å². The van der Waals surface area contributed by atoms with Gasteiger partial charge >= 0.3 is 0 Å². The third-order valence-electron chi connectivity index (χ3n) is 1.88. The highest BCUT2D eigenvalue weighted by Gasteiger charge is 2.13. The van der Waals surface area contributed by atoms with Crippen LogP contribution < -0.4 is 10.6 Å². The van der Waals surface area contributed by atoms with Gasteiger partial charge in [-0.2, -0.15) is 0 Å². The van der Waals surface area contributed by atoms with Gasteiger partial charge in [0.05, 0.1) is 6.54 Å². The fraction of sp³-hybridized carbons (Fsp3) is 0.417. The number of hydrogen-bond donors (Lipinski definition) is 2. The van der Waals surface area contributed by atoms with Gasteiger partial charge in [0.1, 0.15) is 0 Å². The summed E-state index contributed by atoms with van der Waals surface area (Å²) >= 11 is 8.04. The lowest BCUT2D eigenvalue weighted by Crippen LogP contribution is -2.43. The summed E-state index contributed by atoms with van der Waals surface area (Å²) < 4.78 is 0.999. The Kier molecular flexibility index (Phi) is 5.06. The highest BCUT2D eigenvalue weighted by molar-refractivity contribution is 14.1. The molecule has 0 atom stereocenters. The zero-order chi connectivity index (χ0) is 13.1. The van der Waals surface area contributed by atoms with E-state index in [2.05, 4.69) is 33.2 Å². The molecule has 1 aromatic carbocycles. The van der Waals surface area contributed by atoms with Crippen LogP contribution in [0.15, 0.2) is 18.2 Å². The van der Waals surface area contributed by atoms with E-state index in [9.17, 15) is 4.79 Å². The topological polar surface area (TPSA) is 41.1 Å². The molecule has 0 fully saturated rings. The van der Waals surface area contributed by atoms with Crippen LogP contribution in [-0.2, 0) is 4.79 Å². The number of carbonyl (C=O) groups excluding carboxylic acids is 1. The molecule has 0 spiro atoms. The Bertz CT molecular complexity index is 415. The van der Waals surface area contributed by atoms with Gasteiger partial charge in [0.2, 0.25) is 5.91 Å². The van der Waals surface area contributed by atoms with Gasteiger partial charge in [0, 0.05) is 19.8 Å². The number of hydrogen-bond acceptors (Lipinski definition) is 2. The summed E-state index contributed by atoms with van der Waals surface area (Å²) in [5.41, 5.74) is 0.713. The molecule has 0 saturated carbocycles. The van der Waals surface area contributed by atoms with E-state index in [0.29, 0.717) is 5.02 Å². The summed E-state index contributed by atoms with van der Waals surface area (Å²) in [6.07, 6.45) is 0. The fourth-order valence-corrected chi connectivity index (χ4v) is 2.33. The predicted molar refractivity (Wildman–Crippen MR) is 80.6 cm³/mol. The van der Waals surface area contributed by atoms with Gasteiger partial charge in [-0.1, -0.05) is 11.6 Å². The molecule has 2 N–H and O–H groups in total. The highest BCUT2D eigenvalue weighted by Crippen LogP contribution is 2.21. The molecule has 1 rings (SSSR count). The Morgan fingerprint density at radius 1 is 1.41 bits per heavy atom. The molecule has 5 heteroatoms. The average molecular weight is 367 g/mol. The van der Waals surface area contributed by atoms with Gasteiger partial charge in [0.25, 0.3) is 0 Å². The van der Waals surface area contributed by atoms with E-state index in [1.807, 2.05) is 32.9 Å². The van der Waals surface area contributed by atoms with Gasteiger partial charge in [0.15, 0.2) is 0 Å². The van der Waals surface area contributed by atoms with E-state index < -0.39 is 0 Å². The molecular weight excluding hydrogens is 351 g/mol. The Morgan fingerprint density at radius 3 is 2.59 bits per heavy atom. The minimum absolute atomic E-state index is 0.0248. The number of carbonyl (C=O) groups is 1. The molecule has 3 nitrogen and oxygen atoms in total. The van der Waals surface area contributed by atoms with E-state index in [-0.39, 0.29) is 18.0 Å². The van der Waals surface area contributed by atoms with E-state index in [1.54, 1.807) is 6.07 Å². The first-order valence-electron chi connectivity index (χ1n) is 5.28. The first kappa shape index (κ1) is 14.6. The molecule has 1 amide bonds. The van der Waals surface area contributed by atoms with E-state index >= 15 is 0 Å². The maximum absolute atomic E-state index is 11.6. The monoisotopic (exact) mass is 366 g/mol. The van der Waals surface area contributed by atoms with Crippen LogP contribution in [0.4, 0.5) is 5.69 Å². The van der Waals surface area contributed by atoms with Crippen molar-refractivity contribution in [1.29, 1.82) is 0 Å². The molecule has 0 radical (unpaired) electrons. The average Bonchev–Trinajstić information content (AvgIpc) is 2.13. The number of benzene rings is 1. The normalized spacial score (nSPS) is 11.1. The van der Waals surface area contributed by atoms with Crippen molar-refractivity contribution in [2.75, 3.05) is 11.9 Å². The van der Waals surface area contributed by atoms with Crippen LogP contribution in [0.5, 0.6) is 0 Å². The molecule has 0 bridgehead atoms. The molecule has 1 aromatic rings. The number of nitrogens with one attached hydrogen (secondary N) is 2. The Hall–Kier alpha value is -0.490. The van der Waals surface area contributed by atoms with Gasteiger partial charge in [-0.3, -0.25) is 4.79 Å². The molecular formula is C12H16ClIN2O. The number of rotatable bonds is 3. The maximum Gasteiger partial charge on any atom is 0.239 e. The molecule has 0 unspecified atom stereocenters. The van der Waals surface area contributed by atoms with E-state index in [0.717, 1.165) is 9.26 Å². The van der Waals surface area contributed by atoms with Crippen molar-refractivity contribution in [3.8, 4) is 0 Å². The summed E-state index contributed by atoms with van der Waals surface area (Å²) in [6, 6.07) is 5.52. The second-order valence-electron chi connectivity index (χ2n) is 4.78. The summed E-state index contributed by atoms with van der Waals surface area (Å²) in [7, 11) is 0. The molecule has 0 heterocycles. The first-order valence-corrected chi connectivity index (χ1v) is 6.73. The summed E-state index contributed by atoms with van der Waals surface area (Å²) in [4.78, 5) is 11.6. The van der Waals surface area contributed by atoms with Crippen molar-refractivity contribution in [3.63, 3.8) is 0 Å². The summed E-state index contributed by atoms with van der Waals surface area (Å²) in [5, 5.41) is 6.67. The van der Waals surface area contributed by atoms with Gasteiger partial charge in [-0.25, -0.2) is 0 Å². The summed E-state index contributed by atoms with van der Waals surface area (Å²) in [5.74, 6) is -0.0248. The molecule has 0 saturated heterocycles. The third kappa shape index (κ3) is 5.59. The Labute approximate surface area is 120 Å². The second kappa shape index (κ2) is 5.91. The zero-order valence-electron chi connectivity index (χ0n) is 10.1. The van der Waals surface area contributed by atoms with Crippen molar-refractivity contribution < 1.29 is 4.79 Å². The third-order valence-corrected chi connectivity index (χ3v) is 3.01. The fourth-order valence-electron chi connectivity index (χ4n) is 1.27. The Morgan fingerprint density at radius 2 is 2.06 bits per heavy atom. The molecule has 94 valence electrons. The SMILES string of the molecule is CC(C)(C)NC(=O)CNc1ccc(Cl)cc1I. The minimum Gasteiger partial charge on any atom is -0.375 e. The molecule has 0 aliphatic rings. The van der Waals surface area contributed by atoms with Crippen LogP contribution in [0.1, 0.15) is 20.8 Å². The van der Waals surface area contributed by atoms with Gasteiger partial charge in [-0.05, 0) is 61.6 Å². The first-order chi connectivity index (χ1) is 7.78. The lowest BCUT2D eigenvalue weighted by molar-refractivity contribution is -0.120. The van der Waals surface area contributed by atoms with Crippen molar-refractivity contribution >= 4 is 45.8 Å². The van der Waals surface area contributed by atoms with Crippen LogP contribution in [0.2, 0.25) is 5.02 Å². The number of amides is 1. The standard InChI is InChI=1S/C12H16ClIN2O/c1-12(2,3)16-11(17)7-15-10-5-4-8(13)6-9(10)14/h4-6,15H,7H2,1-3H3,(H,16,17). The predicted octanol–water partition coefficient (Wildman–Crippen LogP) is 3.27. The van der Waals surface area contributed by atoms with Gasteiger partial charge in [-0.15, -0.1) is 0 Å². The van der Waals surface area contributed by atoms with Crippen LogP contribution in [0, 0.1) is 3.57 Å². The maximum atomic E-state index is 11.6. The van der Waals surface area contributed by atoms with Crippen LogP contribution in [0.25, 0.3) is 0 Å². The number of halogens is 2. The van der Waals surface area contributed by atoms with Crippen LogP contribution >= 0.6 is 34.2 Å². The lowest BCUT2D eigenvalue weighted by atomic mass is 10.1. The van der Waals surface area contributed by atoms with E-state index in [1.165, 1.54) is 0 Å². The molecule has 0 aliphatic heterocycles. The van der Waals surface area contributed by atoms with E-state index in [4.69, 9.17) is 11.6 Å². The van der Waals surface area contributed by atoms with Crippen LogP contribution in [0.3, 0.4) is 0 Å². The van der Waals surface area contributed by atoms with Gasteiger partial charge < -0.3 is 10.6 Å². The number of anilines is 1. The van der Waals surface area contributed by atoms with Crippen molar-refractivity contribution in [1.82, 2.24) is 5.32 Å². The lowest BCUT2D eigenvalue weighted by Gasteiger charge is -2.20. The minimum atomic E-state index is -0.202. The molecule has 0 aliphatic carbocycles. The molecule has 0 aromatic heterocycles. The largest absolute Gasteiger partial charge is 0.375 e.